The molecule has 92 valence electrons. The van der Waals surface area contributed by atoms with Crippen LogP contribution in [0.25, 0.3) is 0 Å². The van der Waals surface area contributed by atoms with E-state index in [1.165, 1.54) is 0 Å². The van der Waals surface area contributed by atoms with Crippen molar-refractivity contribution in [1.29, 1.82) is 0 Å². The third-order valence-electron chi connectivity index (χ3n) is 2.42. The van der Waals surface area contributed by atoms with E-state index in [0.717, 1.165) is 5.56 Å². The van der Waals surface area contributed by atoms with E-state index in [2.05, 4.69) is 6.58 Å². The van der Waals surface area contributed by atoms with Gasteiger partial charge in [-0.2, -0.15) is 0 Å². The first-order valence-electron chi connectivity index (χ1n) is 5.55. The van der Waals surface area contributed by atoms with E-state index in [1.54, 1.807) is 14.0 Å². The summed E-state index contributed by atoms with van der Waals surface area (Å²) >= 11 is 0. The van der Waals surface area contributed by atoms with Crippen LogP contribution in [0.4, 0.5) is 0 Å². The van der Waals surface area contributed by atoms with Crippen LogP contribution in [-0.2, 0) is 14.3 Å². The highest BCUT2D eigenvalue weighted by molar-refractivity contribution is 5.86. The van der Waals surface area contributed by atoms with Crippen LogP contribution in [0.3, 0.4) is 0 Å². The average Bonchev–Trinajstić information content (AvgIpc) is 2.35. The highest BCUT2D eigenvalue weighted by atomic mass is 16.5. The third-order valence-corrected chi connectivity index (χ3v) is 2.42. The predicted molar refractivity (Wildman–Crippen MR) is 66.6 cm³/mol. The van der Waals surface area contributed by atoms with Gasteiger partial charge in [-0.15, -0.1) is 0 Å². The van der Waals surface area contributed by atoms with Crippen LogP contribution in [0.15, 0.2) is 42.5 Å². The molecule has 17 heavy (non-hydrogen) atoms. The van der Waals surface area contributed by atoms with Gasteiger partial charge >= 0.3 is 5.97 Å². The monoisotopic (exact) mass is 234 g/mol. The van der Waals surface area contributed by atoms with E-state index in [4.69, 9.17) is 9.47 Å². The fourth-order valence-corrected chi connectivity index (χ4v) is 1.47. The molecule has 0 aliphatic heterocycles. The van der Waals surface area contributed by atoms with Gasteiger partial charge in [-0.1, -0.05) is 36.9 Å². The normalized spacial score (nSPS) is 11.9. The Bertz CT molecular complexity index is 370. The number of carbonyl (C=O) groups is 1. The number of hydrogen-bond donors (Lipinski definition) is 0. The van der Waals surface area contributed by atoms with Gasteiger partial charge in [0.15, 0.2) is 0 Å². The van der Waals surface area contributed by atoms with E-state index in [0.29, 0.717) is 18.6 Å². The van der Waals surface area contributed by atoms with Crippen molar-refractivity contribution in [3.8, 4) is 0 Å². The quantitative estimate of drug-likeness (QED) is 0.561. The molecular weight excluding hydrogens is 216 g/mol. The molecule has 1 rings (SSSR count). The van der Waals surface area contributed by atoms with Crippen molar-refractivity contribution in [1.82, 2.24) is 0 Å². The van der Waals surface area contributed by atoms with Gasteiger partial charge in [-0.3, -0.25) is 0 Å². The number of hydrogen-bond acceptors (Lipinski definition) is 3. The Morgan fingerprint density at radius 2 is 2.00 bits per heavy atom. The number of carbonyl (C=O) groups excluding carboxylic acids is 1. The van der Waals surface area contributed by atoms with Crippen LogP contribution in [0.1, 0.15) is 25.0 Å². The number of ether oxygens (including phenoxy) is 2. The molecular formula is C14H18O3. The lowest BCUT2D eigenvalue weighted by atomic mass is 10.1. The second kappa shape index (κ2) is 6.86. The predicted octanol–water partition coefficient (Wildman–Crippen LogP) is 2.88. The molecule has 0 aliphatic carbocycles. The third kappa shape index (κ3) is 4.41. The Labute approximate surface area is 102 Å². The van der Waals surface area contributed by atoms with E-state index < -0.39 is 0 Å². The molecule has 0 saturated heterocycles. The molecule has 1 atom stereocenters. The minimum absolute atomic E-state index is 0.0471. The summed E-state index contributed by atoms with van der Waals surface area (Å²) in [6.45, 7) is 5.49. The van der Waals surface area contributed by atoms with Crippen LogP contribution in [0, 0.1) is 0 Å². The van der Waals surface area contributed by atoms with Gasteiger partial charge in [0, 0.05) is 19.1 Å². The van der Waals surface area contributed by atoms with E-state index in [1.807, 2.05) is 30.3 Å². The summed E-state index contributed by atoms with van der Waals surface area (Å²) in [7, 11) is 1.65. The van der Waals surface area contributed by atoms with Crippen LogP contribution >= 0.6 is 0 Å². The largest absolute Gasteiger partial charge is 0.462 e. The Hall–Kier alpha value is -1.61. The molecule has 0 fully saturated rings. The first-order chi connectivity index (χ1) is 8.15. The van der Waals surface area contributed by atoms with Gasteiger partial charge in [0.2, 0.25) is 0 Å². The summed E-state index contributed by atoms with van der Waals surface area (Å²) in [6.07, 6.45) is 0.591. The maximum absolute atomic E-state index is 11.2. The van der Waals surface area contributed by atoms with E-state index >= 15 is 0 Å². The van der Waals surface area contributed by atoms with E-state index in [-0.39, 0.29) is 12.1 Å². The lowest BCUT2D eigenvalue weighted by Crippen LogP contribution is -2.10. The molecule has 0 heterocycles. The molecule has 0 amide bonds. The van der Waals surface area contributed by atoms with Crippen molar-refractivity contribution in [2.24, 2.45) is 0 Å². The fourth-order valence-electron chi connectivity index (χ4n) is 1.47. The number of esters is 1. The number of benzene rings is 1. The summed E-state index contributed by atoms with van der Waals surface area (Å²) in [5, 5.41) is 0. The Balaban J connectivity index is 2.44. The molecule has 0 radical (unpaired) electrons. The smallest absolute Gasteiger partial charge is 0.333 e. The zero-order chi connectivity index (χ0) is 12.7. The SMILES string of the molecule is C=C(C)C(=O)OCCC(OC)c1ccccc1. The Morgan fingerprint density at radius 1 is 1.35 bits per heavy atom. The van der Waals surface area contributed by atoms with Crippen LogP contribution in [-0.4, -0.2) is 19.7 Å². The zero-order valence-electron chi connectivity index (χ0n) is 10.3. The second-order valence-electron chi connectivity index (χ2n) is 3.84. The van der Waals surface area contributed by atoms with Crippen molar-refractivity contribution in [2.45, 2.75) is 19.4 Å². The van der Waals surface area contributed by atoms with Crippen molar-refractivity contribution in [2.75, 3.05) is 13.7 Å². The standard InChI is InChI=1S/C14H18O3/c1-11(2)14(15)17-10-9-13(16-3)12-7-5-4-6-8-12/h4-8,13H,1,9-10H2,2-3H3. The van der Waals surface area contributed by atoms with Gasteiger partial charge in [-0.25, -0.2) is 4.79 Å². The van der Waals surface area contributed by atoms with Crippen molar-refractivity contribution >= 4 is 5.97 Å². The molecule has 1 unspecified atom stereocenters. The summed E-state index contributed by atoms with van der Waals surface area (Å²) in [4.78, 5) is 11.2. The Kier molecular flexibility index (Phi) is 5.43. The van der Waals surface area contributed by atoms with E-state index in [9.17, 15) is 4.79 Å². The molecule has 0 aromatic heterocycles. The minimum atomic E-state index is -0.354. The van der Waals surface area contributed by atoms with Crippen LogP contribution in [0.2, 0.25) is 0 Å². The van der Waals surface area contributed by atoms with Gasteiger partial charge in [0.05, 0.1) is 12.7 Å². The van der Waals surface area contributed by atoms with Crippen LogP contribution < -0.4 is 0 Å². The molecule has 0 spiro atoms. The summed E-state index contributed by atoms with van der Waals surface area (Å²) in [5.74, 6) is -0.354. The first kappa shape index (κ1) is 13.5. The average molecular weight is 234 g/mol. The maximum Gasteiger partial charge on any atom is 0.333 e. The lowest BCUT2D eigenvalue weighted by molar-refractivity contribution is -0.139. The minimum Gasteiger partial charge on any atom is -0.462 e. The number of methoxy groups -OCH3 is 1. The molecule has 1 aromatic carbocycles. The zero-order valence-corrected chi connectivity index (χ0v) is 10.3. The summed E-state index contributed by atoms with van der Waals surface area (Å²) < 4.78 is 10.4. The molecule has 1 aromatic rings. The highest BCUT2D eigenvalue weighted by Crippen LogP contribution is 2.19. The summed E-state index contributed by atoms with van der Waals surface area (Å²) in [5.41, 5.74) is 1.50. The molecule has 0 aliphatic rings. The first-order valence-corrected chi connectivity index (χ1v) is 5.55. The van der Waals surface area contributed by atoms with Gasteiger partial charge in [0.1, 0.15) is 0 Å². The fraction of sp³-hybridized carbons (Fsp3) is 0.357. The Morgan fingerprint density at radius 3 is 2.53 bits per heavy atom. The van der Waals surface area contributed by atoms with Crippen LogP contribution in [0.5, 0.6) is 0 Å². The lowest BCUT2D eigenvalue weighted by Gasteiger charge is -2.15. The second-order valence-corrected chi connectivity index (χ2v) is 3.84. The molecule has 0 saturated carbocycles. The molecule has 0 bridgehead atoms. The van der Waals surface area contributed by atoms with Crippen molar-refractivity contribution in [3.63, 3.8) is 0 Å². The maximum atomic E-state index is 11.2. The van der Waals surface area contributed by atoms with Gasteiger partial charge in [-0.05, 0) is 12.5 Å². The topological polar surface area (TPSA) is 35.5 Å². The van der Waals surface area contributed by atoms with Crippen molar-refractivity contribution < 1.29 is 14.3 Å². The molecule has 0 N–H and O–H groups in total. The molecule has 3 nitrogen and oxygen atoms in total. The summed E-state index contributed by atoms with van der Waals surface area (Å²) in [6, 6.07) is 9.86. The number of rotatable bonds is 6. The highest BCUT2D eigenvalue weighted by Gasteiger charge is 2.11. The molecule has 3 heteroatoms. The van der Waals surface area contributed by atoms with Gasteiger partial charge < -0.3 is 9.47 Å². The van der Waals surface area contributed by atoms with Gasteiger partial charge in [0.25, 0.3) is 0 Å². The van der Waals surface area contributed by atoms with Crippen molar-refractivity contribution in [3.05, 3.63) is 48.0 Å².